The molecule has 0 atom stereocenters. The van der Waals surface area contributed by atoms with Crippen LogP contribution in [0.2, 0.25) is 0 Å². The topological polar surface area (TPSA) is 43.4 Å². The minimum absolute atomic E-state index is 0. The zero-order valence-corrected chi connectivity index (χ0v) is 8.05. The molecule has 0 fully saturated rings. The Morgan fingerprint density at radius 3 is 2.11 bits per heavy atom. The Kier molecular flexibility index (Phi) is 8.22. The summed E-state index contributed by atoms with van der Waals surface area (Å²) in [6, 6.07) is 0. The van der Waals surface area contributed by atoms with E-state index in [2.05, 4.69) is 11.7 Å². The first-order chi connectivity index (χ1) is 3.66. The van der Waals surface area contributed by atoms with Crippen LogP contribution in [0.4, 0.5) is 0 Å². The van der Waals surface area contributed by atoms with Gasteiger partial charge in [0, 0.05) is 38.5 Å². The molecule has 0 rings (SSSR count). The Hall–Kier alpha value is 0.114. The summed E-state index contributed by atoms with van der Waals surface area (Å²) in [5.41, 5.74) is 0. The average molecular weight is 204 g/mol. The van der Waals surface area contributed by atoms with Crippen LogP contribution in [0.25, 0.3) is 0 Å². The van der Waals surface area contributed by atoms with Gasteiger partial charge in [0.1, 0.15) is 0 Å². The van der Waals surface area contributed by atoms with E-state index < -0.39 is 11.8 Å². The monoisotopic (exact) mass is 204 g/mol. The molecule has 49 valence electrons. The van der Waals surface area contributed by atoms with E-state index in [-0.39, 0.29) is 39.1 Å². The van der Waals surface area contributed by atoms with Gasteiger partial charge >= 0.3 is 5.97 Å². The fourth-order valence-electron chi connectivity index (χ4n) is 0.233. The van der Waals surface area contributed by atoms with Crippen LogP contribution in [0.3, 0.4) is 0 Å². The first-order valence-electron chi connectivity index (χ1n) is 2.08. The molecule has 0 aliphatic heterocycles. The van der Waals surface area contributed by atoms with E-state index in [0.717, 1.165) is 0 Å². The van der Waals surface area contributed by atoms with Gasteiger partial charge in [-0.25, -0.2) is 0 Å². The van der Waals surface area contributed by atoms with E-state index in [1.807, 2.05) is 0 Å². The summed E-state index contributed by atoms with van der Waals surface area (Å²) in [6.45, 7) is 2.99. The molecule has 1 radical (unpaired) electrons. The number of esters is 1. The number of rotatable bonds is 2. The van der Waals surface area contributed by atoms with Crippen molar-refractivity contribution in [2.75, 3.05) is 7.11 Å². The van der Waals surface area contributed by atoms with Gasteiger partial charge in [0.25, 0.3) is 0 Å². The molecule has 0 saturated heterocycles. The van der Waals surface area contributed by atoms with Crippen LogP contribution in [0.5, 0.6) is 0 Å². The van der Waals surface area contributed by atoms with E-state index in [9.17, 15) is 9.59 Å². The zero-order chi connectivity index (χ0) is 6.57. The van der Waals surface area contributed by atoms with Crippen LogP contribution in [-0.2, 0) is 47.0 Å². The predicted octanol–water partition coefficient (Wildman–Crippen LogP) is -0.0498. The molecule has 3 nitrogen and oxygen atoms in total. The van der Waals surface area contributed by atoms with Gasteiger partial charge in [0.15, 0.2) is 0 Å². The first-order valence-corrected chi connectivity index (χ1v) is 2.08. The first kappa shape index (κ1) is 11.9. The number of Topliss-reactive ketones (excluding diaryl/α,β-unsaturated/α-hetero) is 1. The van der Waals surface area contributed by atoms with Crippen molar-refractivity contribution in [2.45, 2.75) is 6.42 Å². The van der Waals surface area contributed by atoms with E-state index in [0.29, 0.717) is 0 Å². The van der Waals surface area contributed by atoms with Gasteiger partial charge in [0.05, 0.1) is 13.5 Å². The molecular formula is C5H7O3Y-. The maximum atomic E-state index is 10.1. The van der Waals surface area contributed by atoms with Gasteiger partial charge in [-0.1, -0.05) is 0 Å². The van der Waals surface area contributed by atoms with Crippen molar-refractivity contribution in [1.82, 2.24) is 0 Å². The SMILES string of the molecule is [CH2-]C(=O)CC(=O)OC.[Y]. The number of carbonyl (C=O) groups excluding carboxylic acids is 2. The maximum absolute atomic E-state index is 10.1. The van der Waals surface area contributed by atoms with Crippen molar-refractivity contribution in [3.8, 4) is 0 Å². The summed E-state index contributed by atoms with van der Waals surface area (Å²) in [6.07, 6.45) is -0.226. The standard InChI is InChI=1S/C5H7O3.Y/c1-4(6)3-5(7)8-2;/h1,3H2,2H3;/q-1;. The molecule has 0 aromatic rings. The molecule has 0 spiro atoms. The number of methoxy groups -OCH3 is 1. The third-order valence-corrected chi connectivity index (χ3v) is 0.569. The molecule has 4 heteroatoms. The van der Waals surface area contributed by atoms with Crippen LogP contribution < -0.4 is 0 Å². The molecule has 9 heavy (non-hydrogen) atoms. The van der Waals surface area contributed by atoms with Crippen molar-refractivity contribution in [3.63, 3.8) is 0 Å². The van der Waals surface area contributed by atoms with Crippen molar-refractivity contribution in [2.24, 2.45) is 0 Å². The Balaban J connectivity index is 0. The van der Waals surface area contributed by atoms with Crippen LogP contribution in [-0.4, -0.2) is 18.9 Å². The quantitative estimate of drug-likeness (QED) is 0.359. The summed E-state index contributed by atoms with van der Waals surface area (Å²) in [4.78, 5) is 20.1. The molecule has 0 amide bonds. The van der Waals surface area contributed by atoms with E-state index in [4.69, 9.17) is 0 Å². The summed E-state index contributed by atoms with van der Waals surface area (Å²) in [7, 11) is 1.23. The number of hydrogen-bond acceptors (Lipinski definition) is 3. The molecule has 0 aliphatic carbocycles. The van der Waals surface area contributed by atoms with E-state index in [1.54, 1.807) is 0 Å². The van der Waals surface area contributed by atoms with Crippen molar-refractivity contribution >= 4 is 11.8 Å². The summed E-state index contributed by atoms with van der Waals surface area (Å²) >= 11 is 0. The zero-order valence-electron chi connectivity index (χ0n) is 5.22. The molecular weight excluding hydrogens is 197 g/mol. The van der Waals surface area contributed by atoms with Gasteiger partial charge in [-0.3, -0.25) is 4.79 Å². The van der Waals surface area contributed by atoms with Crippen LogP contribution in [0.15, 0.2) is 0 Å². The largest absolute Gasteiger partial charge is 0.469 e. The van der Waals surface area contributed by atoms with Gasteiger partial charge in [-0.2, -0.15) is 0 Å². The second kappa shape index (κ2) is 6.24. The minimum atomic E-state index is -0.537. The molecule has 0 N–H and O–H groups in total. The third-order valence-electron chi connectivity index (χ3n) is 0.569. The molecule has 0 aromatic carbocycles. The Morgan fingerprint density at radius 1 is 1.56 bits per heavy atom. The Labute approximate surface area is 79.0 Å². The fourth-order valence-corrected chi connectivity index (χ4v) is 0.233. The smallest absolute Gasteiger partial charge is 0.310 e. The van der Waals surface area contributed by atoms with Crippen molar-refractivity contribution < 1.29 is 47.0 Å². The molecule has 0 bridgehead atoms. The van der Waals surface area contributed by atoms with E-state index in [1.165, 1.54) is 7.11 Å². The maximum Gasteiger partial charge on any atom is 0.310 e. The van der Waals surface area contributed by atoms with Crippen LogP contribution in [0.1, 0.15) is 6.42 Å². The molecule has 0 heterocycles. The predicted molar refractivity (Wildman–Crippen MR) is 27.0 cm³/mol. The van der Waals surface area contributed by atoms with Crippen molar-refractivity contribution in [3.05, 3.63) is 6.92 Å². The van der Waals surface area contributed by atoms with Crippen LogP contribution >= 0.6 is 0 Å². The van der Waals surface area contributed by atoms with Gasteiger partial charge in [-0.05, 0) is 0 Å². The summed E-state index contributed by atoms with van der Waals surface area (Å²) in [5.74, 6) is -0.957. The number of ether oxygens (including phenoxy) is 1. The summed E-state index contributed by atoms with van der Waals surface area (Å²) < 4.78 is 4.16. The van der Waals surface area contributed by atoms with Gasteiger partial charge in [0.2, 0.25) is 0 Å². The number of ketones is 1. The normalized spacial score (nSPS) is 7.22. The van der Waals surface area contributed by atoms with Crippen molar-refractivity contribution in [1.29, 1.82) is 0 Å². The molecule has 0 saturated carbocycles. The second-order valence-electron chi connectivity index (χ2n) is 1.29. The minimum Gasteiger partial charge on any atom is -0.469 e. The molecule has 0 aromatic heterocycles. The van der Waals surface area contributed by atoms with Gasteiger partial charge < -0.3 is 16.5 Å². The average Bonchev–Trinajstić information content (AvgIpc) is 1.65. The fraction of sp³-hybridized carbons (Fsp3) is 0.400. The van der Waals surface area contributed by atoms with Crippen LogP contribution in [0, 0.1) is 6.92 Å². The summed E-state index contributed by atoms with van der Waals surface area (Å²) in [5, 5.41) is 0. The van der Waals surface area contributed by atoms with Gasteiger partial charge in [-0.15, -0.1) is 0 Å². The Morgan fingerprint density at radius 2 is 2.00 bits per heavy atom. The third kappa shape index (κ3) is 8.11. The molecule has 0 unspecified atom stereocenters. The number of carbonyl (C=O) groups is 2. The second-order valence-corrected chi connectivity index (χ2v) is 1.29. The molecule has 0 aliphatic rings. The number of hydrogen-bond donors (Lipinski definition) is 0. The van der Waals surface area contributed by atoms with E-state index >= 15 is 0 Å². The Bertz CT molecular complexity index is 111.